The van der Waals surface area contributed by atoms with Gasteiger partial charge in [-0.2, -0.15) is 0 Å². The summed E-state index contributed by atoms with van der Waals surface area (Å²) in [5.41, 5.74) is 1.21. The van der Waals surface area contributed by atoms with Crippen LogP contribution in [0.5, 0.6) is 0 Å². The minimum Gasteiger partial charge on any atom is -0.0599 e. The van der Waals surface area contributed by atoms with Crippen LogP contribution in [0.4, 0.5) is 0 Å². The summed E-state index contributed by atoms with van der Waals surface area (Å²) in [6.07, 6.45) is 13.0. The highest BCUT2D eigenvalue weighted by molar-refractivity contribution is 4.74. The van der Waals surface area contributed by atoms with E-state index in [1.807, 2.05) is 0 Å². The van der Waals surface area contributed by atoms with E-state index in [1.165, 1.54) is 57.8 Å². The smallest absolute Gasteiger partial charge is 0.0354 e. The molecule has 0 radical (unpaired) electrons. The third-order valence-electron chi connectivity index (χ3n) is 4.16. The number of hydrogen-bond acceptors (Lipinski definition) is 0. The first kappa shape index (κ1) is 13.1. The van der Waals surface area contributed by atoms with Crippen molar-refractivity contribution >= 4 is 0 Å². The Balaban J connectivity index is 2.44. The minimum atomic E-state index is 0.606. The van der Waals surface area contributed by atoms with Crippen molar-refractivity contribution in [1.82, 2.24) is 0 Å². The van der Waals surface area contributed by atoms with Crippen molar-refractivity contribution in [2.75, 3.05) is 0 Å². The lowest BCUT2D eigenvalue weighted by atomic mass is 9.81. The molecule has 0 aliphatic heterocycles. The van der Waals surface area contributed by atoms with Gasteiger partial charge in [-0.15, -0.1) is 0 Å². The van der Waals surface area contributed by atoms with Crippen LogP contribution in [0.2, 0.25) is 0 Å². The van der Waals surface area contributed by atoms with Gasteiger partial charge in [0.25, 0.3) is 0 Å². The molecule has 0 heteroatoms. The highest BCUT2D eigenvalue weighted by atomic mass is 14.3. The lowest BCUT2D eigenvalue weighted by Gasteiger charge is -2.25. The van der Waals surface area contributed by atoms with Crippen LogP contribution < -0.4 is 0 Å². The van der Waals surface area contributed by atoms with Crippen molar-refractivity contribution < 1.29 is 0 Å². The molecular weight excluding hydrogens is 180 g/mol. The molecule has 0 atom stereocenters. The maximum absolute atomic E-state index is 2.45. The summed E-state index contributed by atoms with van der Waals surface area (Å²) >= 11 is 0. The third kappa shape index (κ3) is 5.58. The van der Waals surface area contributed by atoms with Crippen LogP contribution >= 0.6 is 0 Å². The van der Waals surface area contributed by atoms with Crippen LogP contribution in [0.25, 0.3) is 0 Å². The van der Waals surface area contributed by atoms with E-state index in [1.54, 1.807) is 0 Å². The SMILES string of the molecule is CC1(C)CCCCCC(C)(C)CCCC1. The maximum atomic E-state index is 2.45. The van der Waals surface area contributed by atoms with E-state index in [4.69, 9.17) is 0 Å². The molecule has 0 bridgehead atoms. The molecule has 1 saturated carbocycles. The summed E-state index contributed by atoms with van der Waals surface area (Å²) in [5, 5.41) is 0. The zero-order valence-corrected chi connectivity index (χ0v) is 11.4. The second-order valence-corrected chi connectivity index (χ2v) is 7.10. The van der Waals surface area contributed by atoms with E-state index >= 15 is 0 Å². The van der Waals surface area contributed by atoms with E-state index in [9.17, 15) is 0 Å². The fourth-order valence-corrected chi connectivity index (χ4v) is 2.84. The summed E-state index contributed by atoms with van der Waals surface area (Å²) in [5.74, 6) is 0. The molecule has 1 aliphatic carbocycles. The van der Waals surface area contributed by atoms with Gasteiger partial charge in [0.05, 0.1) is 0 Å². The van der Waals surface area contributed by atoms with Crippen LogP contribution in [0.15, 0.2) is 0 Å². The Morgan fingerprint density at radius 1 is 0.467 bits per heavy atom. The predicted octanol–water partition coefficient (Wildman–Crippen LogP) is 5.56. The van der Waals surface area contributed by atoms with Gasteiger partial charge in [-0.1, -0.05) is 59.8 Å². The summed E-state index contributed by atoms with van der Waals surface area (Å²) in [6, 6.07) is 0. The Morgan fingerprint density at radius 2 is 0.733 bits per heavy atom. The topological polar surface area (TPSA) is 0 Å². The molecule has 0 saturated heterocycles. The van der Waals surface area contributed by atoms with Gasteiger partial charge in [-0.25, -0.2) is 0 Å². The molecule has 0 unspecified atom stereocenters. The molecule has 0 aromatic heterocycles. The lowest BCUT2D eigenvalue weighted by molar-refractivity contribution is 0.273. The van der Waals surface area contributed by atoms with Gasteiger partial charge in [0.15, 0.2) is 0 Å². The predicted molar refractivity (Wildman–Crippen MR) is 69.1 cm³/mol. The Labute approximate surface area is 96.8 Å². The van der Waals surface area contributed by atoms with Gasteiger partial charge in [-0.05, 0) is 36.5 Å². The normalized spacial score (nSPS) is 28.0. The maximum Gasteiger partial charge on any atom is -0.0354 e. The molecule has 0 spiro atoms. The second kappa shape index (κ2) is 5.37. The molecule has 0 nitrogen and oxygen atoms in total. The Bertz CT molecular complexity index is 156. The first-order valence-corrected chi connectivity index (χ1v) is 6.91. The molecule has 1 fully saturated rings. The molecule has 1 rings (SSSR count). The zero-order valence-electron chi connectivity index (χ0n) is 11.4. The molecule has 0 aromatic carbocycles. The third-order valence-corrected chi connectivity index (χ3v) is 4.16. The Kier molecular flexibility index (Phi) is 4.67. The summed E-state index contributed by atoms with van der Waals surface area (Å²) in [4.78, 5) is 0. The zero-order chi connectivity index (χ0) is 11.4. The Morgan fingerprint density at radius 3 is 1.07 bits per heavy atom. The van der Waals surface area contributed by atoms with E-state index in [-0.39, 0.29) is 0 Å². The molecule has 0 N–H and O–H groups in total. The molecule has 90 valence electrons. The van der Waals surface area contributed by atoms with Gasteiger partial charge in [-0.3, -0.25) is 0 Å². The molecule has 1 aliphatic rings. The van der Waals surface area contributed by atoms with Crippen molar-refractivity contribution in [1.29, 1.82) is 0 Å². The average Bonchev–Trinajstić information content (AvgIpc) is 2.13. The molecule has 0 amide bonds. The highest BCUT2D eigenvalue weighted by Gasteiger charge is 2.21. The summed E-state index contributed by atoms with van der Waals surface area (Å²) < 4.78 is 0. The van der Waals surface area contributed by atoms with Crippen LogP contribution in [0, 0.1) is 10.8 Å². The Hall–Kier alpha value is 0. The van der Waals surface area contributed by atoms with Gasteiger partial charge in [0, 0.05) is 0 Å². The molecule has 15 heavy (non-hydrogen) atoms. The fourth-order valence-electron chi connectivity index (χ4n) is 2.84. The van der Waals surface area contributed by atoms with E-state index in [0.29, 0.717) is 10.8 Å². The van der Waals surface area contributed by atoms with E-state index < -0.39 is 0 Å². The number of rotatable bonds is 0. The van der Waals surface area contributed by atoms with Crippen LogP contribution in [0.1, 0.15) is 85.5 Å². The first-order chi connectivity index (χ1) is 6.91. The molecular formula is C15H30. The standard InChI is InChI=1S/C15H30/c1-14(2)10-6-5-7-11-15(3,4)13-9-8-12-14/h5-13H2,1-4H3. The quantitative estimate of drug-likeness (QED) is 0.491. The van der Waals surface area contributed by atoms with Crippen molar-refractivity contribution in [3.63, 3.8) is 0 Å². The van der Waals surface area contributed by atoms with Crippen molar-refractivity contribution in [3.05, 3.63) is 0 Å². The van der Waals surface area contributed by atoms with Crippen molar-refractivity contribution in [2.45, 2.75) is 85.5 Å². The van der Waals surface area contributed by atoms with Crippen LogP contribution in [-0.4, -0.2) is 0 Å². The summed E-state index contributed by atoms with van der Waals surface area (Å²) in [7, 11) is 0. The van der Waals surface area contributed by atoms with Gasteiger partial charge in [0.1, 0.15) is 0 Å². The van der Waals surface area contributed by atoms with Crippen molar-refractivity contribution in [2.24, 2.45) is 10.8 Å². The molecule has 0 heterocycles. The monoisotopic (exact) mass is 210 g/mol. The fraction of sp³-hybridized carbons (Fsp3) is 1.00. The van der Waals surface area contributed by atoms with Gasteiger partial charge in [0.2, 0.25) is 0 Å². The van der Waals surface area contributed by atoms with E-state index in [0.717, 1.165) is 0 Å². The number of hydrogen-bond donors (Lipinski definition) is 0. The molecule has 0 aromatic rings. The van der Waals surface area contributed by atoms with Crippen LogP contribution in [0.3, 0.4) is 0 Å². The highest BCUT2D eigenvalue weighted by Crippen LogP contribution is 2.35. The van der Waals surface area contributed by atoms with Gasteiger partial charge >= 0.3 is 0 Å². The lowest BCUT2D eigenvalue weighted by Crippen LogP contribution is -2.12. The largest absolute Gasteiger partial charge is 0.0599 e. The first-order valence-electron chi connectivity index (χ1n) is 6.91. The minimum absolute atomic E-state index is 0.606. The van der Waals surface area contributed by atoms with Crippen molar-refractivity contribution in [3.8, 4) is 0 Å². The van der Waals surface area contributed by atoms with Crippen LogP contribution in [-0.2, 0) is 0 Å². The van der Waals surface area contributed by atoms with Gasteiger partial charge < -0.3 is 0 Å². The average molecular weight is 210 g/mol. The summed E-state index contributed by atoms with van der Waals surface area (Å²) in [6.45, 7) is 9.82. The second-order valence-electron chi connectivity index (χ2n) is 7.10. The van der Waals surface area contributed by atoms with E-state index in [2.05, 4.69) is 27.7 Å².